The summed E-state index contributed by atoms with van der Waals surface area (Å²) in [5, 5.41) is 12.1. The number of aromatic nitrogens is 2. The summed E-state index contributed by atoms with van der Waals surface area (Å²) >= 11 is 7.33. The maximum atomic E-state index is 14.0. The van der Waals surface area contributed by atoms with Gasteiger partial charge < -0.3 is 10.1 Å². The summed E-state index contributed by atoms with van der Waals surface area (Å²) in [6.45, 7) is 0.206. The lowest BCUT2D eigenvalue weighted by Gasteiger charge is -2.17. The molecule has 166 valence electrons. The number of nitriles is 1. The maximum absolute atomic E-state index is 14.0. The van der Waals surface area contributed by atoms with Gasteiger partial charge in [-0.1, -0.05) is 11.6 Å². The van der Waals surface area contributed by atoms with Crippen LogP contribution >= 0.6 is 22.9 Å². The fourth-order valence-corrected chi connectivity index (χ4v) is 5.33. The standard InChI is InChI=1S/C21H18ClFN4O4S/c1-31-16-8-12(13(22)9-14(16)23)17-10-15-19(32-17)20(29)27(21(30)26(15)6-4-24)11-3-2-5-25-18(28)7-11/h8-11H,2-3,5-7H2,1H3,(H,25,28)/t11-/m0/s1. The largest absolute Gasteiger partial charge is 0.494 e. The Morgan fingerprint density at radius 1 is 1.34 bits per heavy atom. The Hall–Kier alpha value is -3.16. The van der Waals surface area contributed by atoms with Crippen LogP contribution in [0, 0.1) is 17.1 Å². The Morgan fingerprint density at radius 3 is 2.84 bits per heavy atom. The highest BCUT2D eigenvalue weighted by molar-refractivity contribution is 7.22. The number of carbonyl (C=O) groups is 1. The van der Waals surface area contributed by atoms with Crippen molar-refractivity contribution in [2.24, 2.45) is 0 Å². The molecule has 1 aliphatic rings. The second-order valence-electron chi connectivity index (χ2n) is 7.34. The fraction of sp³-hybridized carbons (Fsp3) is 0.333. The van der Waals surface area contributed by atoms with Crippen molar-refractivity contribution in [3.63, 3.8) is 0 Å². The summed E-state index contributed by atoms with van der Waals surface area (Å²) in [5.74, 6) is -0.876. The van der Waals surface area contributed by atoms with Crippen LogP contribution in [0.2, 0.25) is 5.02 Å². The molecule has 1 saturated heterocycles. The highest BCUT2D eigenvalue weighted by Crippen LogP contribution is 2.39. The van der Waals surface area contributed by atoms with Gasteiger partial charge in [-0.15, -0.1) is 11.3 Å². The second kappa shape index (κ2) is 8.76. The van der Waals surface area contributed by atoms with E-state index >= 15 is 0 Å². The van der Waals surface area contributed by atoms with E-state index in [0.717, 1.165) is 22.0 Å². The van der Waals surface area contributed by atoms with E-state index in [1.54, 1.807) is 6.07 Å². The van der Waals surface area contributed by atoms with Crippen molar-refractivity contribution in [1.29, 1.82) is 5.26 Å². The first-order valence-electron chi connectivity index (χ1n) is 9.81. The number of thiophene rings is 1. The summed E-state index contributed by atoms with van der Waals surface area (Å²) < 4.78 is 21.6. The molecule has 1 N–H and O–H groups in total. The minimum atomic E-state index is -0.643. The van der Waals surface area contributed by atoms with E-state index in [1.165, 1.54) is 17.7 Å². The molecule has 0 aliphatic carbocycles. The number of halogens is 2. The number of ether oxygens (including phenoxy) is 1. The maximum Gasteiger partial charge on any atom is 0.332 e. The lowest BCUT2D eigenvalue weighted by molar-refractivity contribution is -0.121. The number of nitrogens with zero attached hydrogens (tertiary/aromatic N) is 3. The molecule has 1 aliphatic heterocycles. The number of amides is 1. The molecule has 4 rings (SSSR count). The Labute approximate surface area is 190 Å². The van der Waals surface area contributed by atoms with Crippen LogP contribution in [-0.4, -0.2) is 28.7 Å². The van der Waals surface area contributed by atoms with Crippen molar-refractivity contribution in [2.45, 2.75) is 31.8 Å². The van der Waals surface area contributed by atoms with Gasteiger partial charge in [0.05, 0.1) is 29.8 Å². The van der Waals surface area contributed by atoms with Crippen LogP contribution in [0.4, 0.5) is 4.39 Å². The molecule has 1 aromatic carbocycles. The molecule has 0 spiro atoms. The zero-order chi connectivity index (χ0) is 23.0. The summed E-state index contributed by atoms with van der Waals surface area (Å²) in [5.41, 5.74) is -0.451. The SMILES string of the molecule is COc1cc(-c2cc3c(s2)c(=O)n([C@H]2CCCNC(=O)C2)c(=O)n3CC#N)c(Cl)cc1F. The van der Waals surface area contributed by atoms with Gasteiger partial charge >= 0.3 is 5.69 Å². The number of carbonyl (C=O) groups excluding carboxylic acids is 1. The first-order chi connectivity index (χ1) is 15.3. The van der Waals surface area contributed by atoms with Crippen molar-refractivity contribution in [2.75, 3.05) is 13.7 Å². The number of fused-ring (bicyclic) bond motifs is 1. The highest BCUT2D eigenvalue weighted by atomic mass is 35.5. The first kappa shape index (κ1) is 22.0. The van der Waals surface area contributed by atoms with Gasteiger partial charge in [-0.05, 0) is 31.0 Å². The number of nitrogens with one attached hydrogen (secondary N) is 1. The van der Waals surface area contributed by atoms with Crippen LogP contribution < -0.4 is 21.3 Å². The molecule has 0 unspecified atom stereocenters. The van der Waals surface area contributed by atoms with E-state index in [0.29, 0.717) is 29.8 Å². The van der Waals surface area contributed by atoms with Gasteiger partial charge in [0.2, 0.25) is 5.91 Å². The number of rotatable bonds is 4. The van der Waals surface area contributed by atoms with Crippen molar-refractivity contribution >= 4 is 39.1 Å². The molecule has 8 nitrogen and oxygen atoms in total. The van der Waals surface area contributed by atoms with Crippen LogP contribution in [0.1, 0.15) is 25.3 Å². The fourth-order valence-electron chi connectivity index (χ4n) is 3.89. The molecule has 2 aromatic heterocycles. The first-order valence-corrected chi connectivity index (χ1v) is 11.0. The van der Waals surface area contributed by atoms with Gasteiger partial charge in [0.15, 0.2) is 11.6 Å². The smallest absolute Gasteiger partial charge is 0.332 e. The normalized spacial score (nSPS) is 16.4. The van der Waals surface area contributed by atoms with E-state index in [2.05, 4.69) is 5.32 Å². The molecule has 1 atom stereocenters. The molecule has 0 radical (unpaired) electrons. The Bertz CT molecular complexity index is 1390. The third kappa shape index (κ3) is 3.78. The Kier molecular flexibility index (Phi) is 6.04. The van der Waals surface area contributed by atoms with Gasteiger partial charge in [-0.3, -0.25) is 18.7 Å². The van der Waals surface area contributed by atoms with Crippen molar-refractivity contribution < 1.29 is 13.9 Å². The Balaban J connectivity index is 1.97. The summed E-state index contributed by atoms with van der Waals surface area (Å²) in [6.07, 6.45) is 1.11. The zero-order valence-electron chi connectivity index (χ0n) is 17.0. The quantitative estimate of drug-likeness (QED) is 0.623. The molecule has 11 heteroatoms. The van der Waals surface area contributed by atoms with Gasteiger partial charge in [0.25, 0.3) is 5.56 Å². The van der Waals surface area contributed by atoms with Gasteiger partial charge in [0.1, 0.15) is 11.2 Å². The average molecular weight is 477 g/mol. The van der Waals surface area contributed by atoms with Crippen LogP contribution in [0.15, 0.2) is 27.8 Å². The number of hydrogen-bond donors (Lipinski definition) is 1. The highest BCUT2D eigenvalue weighted by Gasteiger charge is 2.26. The molecule has 3 heterocycles. The lowest BCUT2D eigenvalue weighted by atomic mass is 10.1. The third-order valence-electron chi connectivity index (χ3n) is 5.41. The molecule has 1 amide bonds. The molecular formula is C21H18ClFN4O4S. The molecule has 0 bridgehead atoms. The molecule has 0 saturated carbocycles. The molecule has 3 aromatic rings. The minimum absolute atomic E-state index is 0.00638. The molecular weight excluding hydrogens is 459 g/mol. The molecule has 1 fully saturated rings. The summed E-state index contributed by atoms with van der Waals surface area (Å²) in [4.78, 5) is 39.1. The third-order valence-corrected chi connectivity index (χ3v) is 6.87. The van der Waals surface area contributed by atoms with E-state index in [1.807, 2.05) is 6.07 Å². The van der Waals surface area contributed by atoms with Gasteiger partial charge in [-0.25, -0.2) is 9.18 Å². The zero-order valence-corrected chi connectivity index (χ0v) is 18.6. The van der Waals surface area contributed by atoms with Crippen molar-refractivity contribution in [3.8, 4) is 22.3 Å². The topological polar surface area (TPSA) is 106 Å². The number of hydrogen-bond acceptors (Lipinski definition) is 6. The van der Waals surface area contributed by atoms with Crippen LogP contribution in [0.25, 0.3) is 20.7 Å². The number of benzene rings is 1. The van der Waals surface area contributed by atoms with Crippen molar-refractivity contribution in [3.05, 3.63) is 49.9 Å². The van der Waals surface area contributed by atoms with E-state index in [9.17, 15) is 24.0 Å². The van der Waals surface area contributed by atoms with Crippen molar-refractivity contribution in [1.82, 2.24) is 14.5 Å². The van der Waals surface area contributed by atoms with E-state index in [4.69, 9.17) is 16.3 Å². The molecule has 32 heavy (non-hydrogen) atoms. The lowest BCUT2D eigenvalue weighted by Crippen LogP contribution is -2.42. The predicted molar refractivity (Wildman–Crippen MR) is 119 cm³/mol. The second-order valence-corrected chi connectivity index (χ2v) is 8.80. The van der Waals surface area contributed by atoms with Gasteiger partial charge in [0, 0.05) is 23.4 Å². The van der Waals surface area contributed by atoms with E-state index < -0.39 is 23.1 Å². The summed E-state index contributed by atoms with van der Waals surface area (Å²) in [6, 6.07) is 5.47. The van der Waals surface area contributed by atoms with Crippen LogP contribution in [0.3, 0.4) is 0 Å². The van der Waals surface area contributed by atoms with Crippen LogP contribution in [-0.2, 0) is 11.3 Å². The summed E-state index contributed by atoms with van der Waals surface area (Å²) in [7, 11) is 1.33. The average Bonchev–Trinajstić information content (AvgIpc) is 3.08. The Morgan fingerprint density at radius 2 is 2.12 bits per heavy atom. The minimum Gasteiger partial charge on any atom is -0.494 e. The monoisotopic (exact) mass is 476 g/mol. The van der Waals surface area contributed by atoms with Crippen LogP contribution in [0.5, 0.6) is 5.75 Å². The predicted octanol–water partition coefficient (Wildman–Crippen LogP) is 3.06. The van der Waals surface area contributed by atoms with E-state index in [-0.39, 0.29) is 39.9 Å². The number of methoxy groups -OCH3 is 1. The van der Waals surface area contributed by atoms with Gasteiger partial charge in [-0.2, -0.15) is 5.26 Å².